The average Bonchev–Trinajstić information content (AvgIpc) is 3.00. The molecule has 26 heavy (non-hydrogen) atoms. The summed E-state index contributed by atoms with van der Waals surface area (Å²) in [4.78, 5) is 13.3. The molecule has 8 nitrogen and oxygen atoms in total. The first-order chi connectivity index (χ1) is 12.3. The van der Waals surface area contributed by atoms with E-state index < -0.39 is 10.0 Å². The van der Waals surface area contributed by atoms with Gasteiger partial charge < -0.3 is 14.7 Å². The van der Waals surface area contributed by atoms with Crippen LogP contribution < -0.4 is 10.2 Å². The number of aromatic nitrogens is 1. The molecule has 2 aromatic rings. The highest BCUT2D eigenvalue weighted by molar-refractivity contribution is 7.89. The molecule has 2 heterocycles. The summed E-state index contributed by atoms with van der Waals surface area (Å²) in [5.41, 5.74) is 0. The summed E-state index contributed by atoms with van der Waals surface area (Å²) in [6.45, 7) is 3.82. The van der Waals surface area contributed by atoms with Gasteiger partial charge in [0.05, 0.1) is 31.1 Å². The number of carbonyl (C=O) groups is 1. The fourth-order valence-corrected chi connectivity index (χ4v) is 4.38. The molecule has 10 heteroatoms. The molecule has 1 aromatic carbocycles. The van der Waals surface area contributed by atoms with Crippen LogP contribution in [0.5, 0.6) is 0 Å². The summed E-state index contributed by atoms with van der Waals surface area (Å²) in [5.74, 6) is 0.826. The summed E-state index contributed by atoms with van der Waals surface area (Å²) in [6.07, 6.45) is 0. The second-order valence-electron chi connectivity index (χ2n) is 6.16. The molecule has 1 fully saturated rings. The number of quaternary nitrogens is 1. The van der Waals surface area contributed by atoms with Gasteiger partial charge in [-0.1, -0.05) is 16.8 Å². The zero-order valence-corrected chi connectivity index (χ0v) is 15.8. The van der Waals surface area contributed by atoms with Crippen LogP contribution in [0.15, 0.2) is 39.8 Å². The van der Waals surface area contributed by atoms with Gasteiger partial charge in [-0.25, -0.2) is 8.42 Å². The van der Waals surface area contributed by atoms with Gasteiger partial charge in [-0.15, -0.1) is 0 Å². The van der Waals surface area contributed by atoms with Gasteiger partial charge >= 0.3 is 0 Å². The van der Waals surface area contributed by atoms with Crippen LogP contribution in [0, 0.1) is 6.92 Å². The van der Waals surface area contributed by atoms with Crippen molar-refractivity contribution in [1.29, 1.82) is 0 Å². The molecule has 1 saturated heterocycles. The lowest BCUT2D eigenvalue weighted by Crippen LogP contribution is -3.15. The number of sulfonamides is 1. The van der Waals surface area contributed by atoms with Crippen molar-refractivity contribution >= 4 is 33.3 Å². The van der Waals surface area contributed by atoms with Crippen LogP contribution >= 0.6 is 11.6 Å². The van der Waals surface area contributed by atoms with E-state index in [1.807, 2.05) is 0 Å². The first kappa shape index (κ1) is 18.8. The summed E-state index contributed by atoms with van der Waals surface area (Å²) in [7, 11) is -3.54. The van der Waals surface area contributed by atoms with Gasteiger partial charge in [0.15, 0.2) is 12.4 Å². The number of carbonyl (C=O) groups excluding carboxylic acids is 1. The van der Waals surface area contributed by atoms with Gasteiger partial charge in [0.25, 0.3) is 5.91 Å². The Labute approximate surface area is 156 Å². The number of aryl methyl sites for hydroxylation is 1. The van der Waals surface area contributed by atoms with Crippen LogP contribution in [-0.2, 0) is 14.8 Å². The third-order valence-corrected chi connectivity index (χ3v) is 6.35. The molecule has 1 aromatic heterocycles. The first-order valence-corrected chi connectivity index (χ1v) is 9.99. The number of piperazine rings is 1. The summed E-state index contributed by atoms with van der Waals surface area (Å²) in [6, 6.07) is 7.77. The number of nitrogens with zero attached hydrogens (tertiary/aromatic N) is 2. The van der Waals surface area contributed by atoms with Crippen molar-refractivity contribution in [2.24, 2.45) is 0 Å². The van der Waals surface area contributed by atoms with E-state index >= 15 is 0 Å². The maximum absolute atomic E-state index is 12.6. The Hall–Kier alpha value is -1.94. The number of amides is 1. The number of hydrogen-bond donors (Lipinski definition) is 2. The lowest BCUT2D eigenvalue weighted by Gasteiger charge is -2.31. The molecule has 1 aliphatic heterocycles. The Balaban J connectivity index is 1.53. The van der Waals surface area contributed by atoms with E-state index in [1.54, 1.807) is 25.1 Å². The number of anilines is 1. The average molecular weight is 400 g/mol. The number of hydrogen-bond acceptors (Lipinski definition) is 5. The van der Waals surface area contributed by atoms with E-state index in [2.05, 4.69) is 10.5 Å². The fraction of sp³-hybridized carbons (Fsp3) is 0.375. The van der Waals surface area contributed by atoms with Crippen LogP contribution in [0.1, 0.15) is 5.76 Å². The molecule has 0 atom stereocenters. The minimum Gasteiger partial charge on any atom is -0.360 e. The third kappa shape index (κ3) is 4.42. The molecule has 2 N–H and O–H groups in total. The van der Waals surface area contributed by atoms with Gasteiger partial charge in [0.2, 0.25) is 10.0 Å². The molecular formula is C16H20ClN4O4S+. The second-order valence-corrected chi connectivity index (χ2v) is 8.53. The minimum absolute atomic E-state index is 0.178. The fourth-order valence-electron chi connectivity index (χ4n) is 2.81. The summed E-state index contributed by atoms with van der Waals surface area (Å²) >= 11 is 5.81. The minimum atomic E-state index is -3.54. The van der Waals surface area contributed by atoms with Gasteiger partial charge in [-0.05, 0) is 31.2 Å². The second kappa shape index (κ2) is 7.75. The zero-order valence-electron chi connectivity index (χ0n) is 14.2. The van der Waals surface area contributed by atoms with Crippen molar-refractivity contribution in [3.8, 4) is 0 Å². The highest BCUT2D eigenvalue weighted by atomic mass is 35.5. The van der Waals surface area contributed by atoms with Crippen molar-refractivity contribution in [2.45, 2.75) is 11.8 Å². The monoisotopic (exact) mass is 399 g/mol. The Morgan fingerprint density at radius 2 is 1.96 bits per heavy atom. The van der Waals surface area contributed by atoms with E-state index in [0.717, 1.165) is 4.90 Å². The normalized spacial score (nSPS) is 16.5. The predicted molar refractivity (Wildman–Crippen MR) is 95.6 cm³/mol. The molecule has 1 amide bonds. The molecule has 0 saturated carbocycles. The first-order valence-electron chi connectivity index (χ1n) is 8.17. The number of benzene rings is 1. The standard InChI is InChI=1S/C16H19ClN4O4S/c1-12-10-15(19-25-12)18-16(22)11-20-6-8-21(9-7-20)26(23,24)14-4-2-13(17)3-5-14/h2-5,10H,6-9,11H2,1H3,(H,18,19,22)/p+1. The SMILES string of the molecule is Cc1cc(NC(=O)C[NH+]2CCN(S(=O)(=O)c3ccc(Cl)cc3)CC2)no1. The Bertz CT molecular complexity index is 874. The van der Waals surface area contributed by atoms with Crippen LogP contribution in [0.25, 0.3) is 0 Å². The van der Waals surface area contributed by atoms with Crippen molar-refractivity contribution < 1.29 is 22.6 Å². The van der Waals surface area contributed by atoms with E-state index in [1.165, 1.54) is 16.4 Å². The highest BCUT2D eigenvalue weighted by Gasteiger charge is 2.31. The molecule has 0 unspecified atom stereocenters. The number of halogens is 1. The van der Waals surface area contributed by atoms with Crippen LogP contribution in [0.2, 0.25) is 5.02 Å². The lowest BCUT2D eigenvalue weighted by atomic mass is 10.3. The van der Waals surface area contributed by atoms with Gasteiger partial charge in [0, 0.05) is 11.1 Å². The Kier molecular flexibility index (Phi) is 5.61. The van der Waals surface area contributed by atoms with E-state index in [0.29, 0.717) is 42.8 Å². The predicted octanol–water partition coefficient (Wildman–Crippen LogP) is 0.164. The van der Waals surface area contributed by atoms with Crippen molar-refractivity contribution in [1.82, 2.24) is 9.46 Å². The molecule has 140 valence electrons. The van der Waals surface area contributed by atoms with Crippen molar-refractivity contribution in [2.75, 3.05) is 38.0 Å². The van der Waals surface area contributed by atoms with Crippen molar-refractivity contribution in [3.63, 3.8) is 0 Å². The topological polar surface area (TPSA) is 97.0 Å². The van der Waals surface area contributed by atoms with E-state index in [4.69, 9.17) is 16.1 Å². The van der Waals surface area contributed by atoms with Crippen LogP contribution in [-0.4, -0.2) is 56.5 Å². The summed E-state index contributed by atoms with van der Waals surface area (Å²) in [5, 5.41) is 6.89. The van der Waals surface area contributed by atoms with Crippen LogP contribution in [0.4, 0.5) is 5.82 Å². The van der Waals surface area contributed by atoms with E-state index in [-0.39, 0.29) is 17.3 Å². The van der Waals surface area contributed by atoms with Gasteiger partial charge in [-0.2, -0.15) is 4.31 Å². The summed E-state index contributed by atoms with van der Waals surface area (Å²) < 4.78 is 31.6. The lowest BCUT2D eigenvalue weighted by molar-refractivity contribution is -0.895. The van der Waals surface area contributed by atoms with Gasteiger partial charge in [0.1, 0.15) is 5.76 Å². The molecule has 3 rings (SSSR count). The quantitative estimate of drug-likeness (QED) is 0.746. The molecule has 0 radical (unpaired) electrons. The molecule has 0 spiro atoms. The largest absolute Gasteiger partial charge is 0.360 e. The maximum Gasteiger partial charge on any atom is 0.280 e. The maximum atomic E-state index is 12.6. The Morgan fingerprint density at radius 3 is 2.54 bits per heavy atom. The van der Waals surface area contributed by atoms with E-state index in [9.17, 15) is 13.2 Å². The third-order valence-electron chi connectivity index (χ3n) is 4.19. The molecular weight excluding hydrogens is 380 g/mol. The Morgan fingerprint density at radius 1 is 1.31 bits per heavy atom. The highest BCUT2D eigenvalue weighted by Crippen LogP contribution is 2.18. The zero-order chi connectivity index (χ0) is 18.7. The van der Waals surface area contributed by atoms with Crippen molar-refractivity contribution in [3.05, 3.63) is 41.1 Å². The smallest absolute Gasteiger partial charge is 0.280 e. The molecule has 1 aliphatic rings. The molecule has 0 bridgehead atoms. The van der Waals surface area contributed by atoms with Crippen LogP contribution in [0.3, 0.4) is 0 Å². The number of nitrogens with one attached hydrogen (secondary N) is 2. The molecule has 0 aliphatic carbocycles. The van der Waals surface area contributed by atoms with Gasteiger partial charge in [-0.3, -0.25) is 4.79 Å². The number of rotatable bonds is 5.